The number of guanidine groups is 1. The zero-order valence-electron chi connectivity index (χ0n) is 19.1. The van der Waals surface area contributed by atoms with Crippen molar-refractivity contribution in [3.05, 3.63) is 71.5 Å². The summed E-state index contributed by atoms with van der Waals surface area (Å²) in [5.41, 5.74) is 5.20. The number of hydrogen-bond acceptors (Lipinski definition) is 4. The number of anilines is 1. The van der Waals surface area contributed by atoms with Crippen LogP contribution in [-0.2, 0) is 11.3 Å². The molecule has 0 bridgehead atoms. The minimum atomic E-state index is 0. The van der Waals surface area contributed by atoms with Gasteiger partial charge in [-0.1, -0.05) is 24.3 Å². The Labute approximate surface area is 207 Å². The molecule has 0 atom stereocenters. The third kappa shape index (κ3) is 7.23. The molecule has 0 radical (unpaired) electrons. The van der Waals surface area contributed by atoms with E-state index in [2.05, 4.69) is 45.8 Å². The summed E-state index contributed by atoms with van der Waals surface area (Å²) in [5.74, 6) is 1.49. The Balaban J connectivity index is 0.00000363. The Morgan fingerprint density at radius 2 is 1.88 bits per heavy atom. The molecule has 2 aromatic carbocycles. The maximum atomic E-state index is 5.78. The SMILES string of the molecule is CN=C(NCc1ccccc1-n1nc(C)cc1C)Nc1cccc(OCCCOC)c1.I. The molecule has 0 aliphatic rings. The normalized spacial score (nSPS) is 11.1. The van der Waals surface area contributed by atoms with Gasteiger partial charge in [-0.25, -0.2) is 4.68 Å². The molecule has 0 aliphatic heterocycles. The monoisotopic (exact) mass is 549 g/mol. The molecule has 3 rings (SSSR count). The van der Waals surface area contributed by atoms with E-state index in [1.807, 2.05) is 48.0 Å². The first-order valence-electron chi connectivity index (χ1n) is 10.4. The number of methoxy groups -OCH3 is 1. The number of benzene rings is 2. The van der Waals surface area contributed by atoms with Gasteiger partial charge in [0.2, 0.25) is 0 Å². The maximum absolute atomic E-state index is 5.78. The highest BCUT2D eigenvalue weighted by atomic mass is 127. The number of aromatic nitrogens is 2. The van der Waals surface area contributed by atoms with E-state index in [4.69, 9.17) is 9.47 Å². The molecule has 3 aromatic rings. The van der Waals surface area contributed by atoms with Gasteiger partial charge in [-0.15, -0.1) is 24.0 Å². The lowest BCUT2D eigenvalue weighted by atomic mass is 10.1. The largest absolute Gasteiger partial charge is 0.493 e. The van der Waals surface area contributed by atoms with Crippen LogP contribution in [0.3, 0.4) is 0 Å². The Morgan fingerprint density at radius 3 is 2.59 bits per heavy atom. The third-order valence-electron chi connectivity index (χ3n) is 4.76. The number of para-hydroxylation sites is 1. The lowest BCUT2D eigenvalue weighted by Gasteiger charge is -2.15. The van der Waals surface area contributed by atoms with Crippen LogP contribution in [0.1, 0.15) is 23.4 Å². The van der Waals surface area contributed by atoms with Gasteiger partial charge in [-0.2, -0.15) is 5.10 Å². The number of aryl methyl sites for hydroxylation is 2. The van der Waals surface area contributed by atoms with Gasteiger partial charge >= 0.3 is 0 Å². The minimum absolute atomic E-state index is 0. The zero-order valence-corrected chi connectivity index (χ0v) is 21.4. The predicted octanol–water partition coefficient (Wildman–Crippen LogP) is 4.71. The minimum Gasteiger partial charge on any atom is -0.493 e. The zero-order chi connectivity index (χ0) is 22.1. The fourth-order valence-corrected chi connectivity index (χ4v) is 3.29. The molecule has 8 heteroatoms. The van der Waals surface area contributed by atoms with Crippen molar-refractivity contribution < 1.29 is 9.47 Å². The van der Waals surface area contributed by atoms with Crippen molar-refractivity contribution in [3.8, 4) is 11.4 Å². The molecular weight excluding hydrogens is 517 g/mol. The quantitative estimate of drug-likeness (QED) is 0.175. The maximum Gasteiger partial charge on any atom is 0.195 e. The Morgan fingerprint density at radius 1 is 1.06 bits per heavy atom. The highest BCUT2D eigenvalue weighted by Crippen LogP contribution is 2.19. The van der Waals surface area contributed by atoms with Crippen molar-refractivity contribution in [2.24, 2.45) is 4.99 Å². The molecule has 172 valence electrons. The fraction of sp³-hybridized carbons (Fsp3) is 0.333. The number of nitrogens with one attached hydrogen (secondary N) is 2. The van der Waals surface area contributed by atoms with Crippen LogP contribution >= 0.6 is 24.0 Å². The van der Waals surface area contributed by atoms with Gasteiger partial charge in [0.05, 0.1) is 18.0 Å². The van der Waals surface area contributed by atoms with E-state index in [-0.39, 0.29) is 24.0 Å². The molecule has 7 nitrogen and oxygen atoms in total. The summed E-state index contributed by atoms with van der Waals surface area (Å²) in [4.78, 5) is 4.35. The lowest BCUT2D eigenvalue weighted by molar-refractivity contribution is 0.172. The van der Waals surface area contributed by atoms with Gasteiger partial charge in [-0.3, -0.25) is 4.99 Å². The predicted molar refractivity (Wildman–Crippen MR) is 141 cm³/mol. The van der Waals surface area contributed by atoms with E-state index in [1.165, 1.54) is 0 Å². The van der Waals surface area contributed by atoms with Gasteiger partial charge in [-0.05, 0) is 43.7 Å². The van der Waals surface area contributed by atoms with Crippen LogP contribution in [-0.4, -0.2) is 43.1 Å². The summed E-state index contributed by atoms with van der Waals surface area (Å²) in [6.45, 7) is 5.99. The van der Waals surface area contributed by atoms with Crippen molar-refractivity contribution >= 4 is 35.6 Å². The molecule has 0 saturated heterocycles. The van der Waals surface area contributed by atoms with E-state index in [0.717, 1.165) is 40.5 Å². The fourth-order valence-electron chi connectivity index (χ4n) is 3.29. The first-order valence-corrected chi connectivity index (χ1v) is 10.4. The van der Waals surface area contributed by atoms with Crippen LogP contribution in [0.15, 0.2) is 59.6 Å². The summed E-state index contributed by atoms with van der Waals surface area (Å²) in [7, 11) is 3.45. The van der Waals surface area contributed by atoms with Crippen LogP contribution in [0.25, 0.3) is 5.69 Å². The van der Waals surface area contributed by atoms with Gasteiger partial charge in [0.25, 0.3) is 0 Å². The van der Waals surface area contributed by atoms with E-state index < -0.39 is 0 Å². The number of rotatable bonds is 9. The van der Waals surface area contributed by atoms with Crippen molar-refractivity contribution in [1.29, 1.82) is 0 Å². The van der Waals surface area contributed by atoms with Crippen LogP contribution in [0, 0.1) is 13.8 Å². The molecule has 0 fully saturated rings. The number of ether oxygens (including phenoxy) is 2. The van der Waals surface area contributed by atoms with E-state index in [1.54, 1.807) is 14.2 Å². The standard InChI is InChI=1S/C24H31N5O2.HI/c1-18-15-19(2)29(28-18)23-12-6-5-9-20(23)17-26-24(25-3)27-21-10-7-11-22(16-21)31-14-8-13-30-4;/h5-7,9-12,15-16H,8,13-14,17H2,1-4H3,(H2,25,26,27);1H. The van der Waals surface area contributed by atoms with Crippen LogP contribution < -0.4 is 15.4 Å². The molecular formula is C24H32IN5O2. The Hall–Kier alpha value is -2.59. The summed E-state index contributed by atoms with van der Waals surface area (Å²) >= 11 is 0. The molecule has 0 unspecified atom stereocenters. The number of hydrogen-bond donors (Lipinski definition) is 2. The summed E-state index contributed by atoms with van der Waals surface area (Å²) in [6.07, 6.45) is 0.853. The Bertz CT molecular complexity index is 1020. The molecule has 1 aromatic heterocycles. The van der Waals surface area contributed by atoms with Crippen molar-refractivity contribution in [2.75, 3.05) is 32.7 Å². The molecule has 0 aliphatic carbocycles. The smallest absolute Gasteiger partial charge is 0.195 e. The van der Waals surface area contributed by atoms with Crippen LogP contribution in [0.4, 0.5) is 5.69 Å². The average molecular weight is 549 g/mol. The van der Waals surface area contributed by atoms with Gasteiger partial charge in [0.1, 0.15) is 5.75 Å². The summed E-state index contributed by atoms with van der Waals surface area (Å²) < 4.78 is 12.8. The second-order valence-corrected chi connectivity index (χ2v) is 7.24. The second kappa shape index (κ2) is 13.1. The van der Waals surface area contributed by atoms with E-state index in [9.17, 15) is 0 Å². The number of halogens is 1. The average Bonchev–Trinajstić information content (AvgIpc) is 3.12. The van der Waals surface area contributed by atoms with Gasteiger partial charge in [0.15, 0.2) is 5.96 Å². The second-order valence-electron chi connectivity index (χ2n) is 7.24. The van der Waals surface area contributed by atoms with Gasteiger partial charge in [0, 0.05) is 51.2 Å². The molecule has 1 heterocycles. The number of aliphatic imine (C=N–C) groups is 1. The van der Waals surface area contributed by atoms with E-state index >= 15 is 0 Å². The van der Waals surface area contributed by atoms with Crippen molar-refractivity contribution in [1.82, 2.24) is 15.1 Å². The topological polar surface area (TPSA) is 72.7 Å². The highest BCUT2D eigenvalue weighted by Gasteiger charge is 2.09. The molecule has 0 amide bonds. The molecule has 2 N–H and O–H groups in total. The van der Waals surface area contributed by atoms with Crippen LogP contribution in [0.5, 0.6) is 5.75 Å². The lowest BCUT2D eigenvalue weighted by Crippen LogP contribution is -2.30. The third-order valence-corrected chi connectivity index (χ3v) is 4.76. The first kappa shape index (κ1) is 25.7. The molecule has 0 saturated carbocycles. The van der Waals surface area contributed by atoms with Gasteiger partial charge < -0.3 is 20.1 Å². The molecule has 0 spiro atoms. The highest BCUT2D eigenvalue weighted by molar-refractivity contribution is 14.0. The van der Waals surface area contributed by atoms with E-state index in [0.29, 0.717) is 25.7 Å². The first-order chi connectivity index (χ1) is 15.1. The Kier molecular flexibility index (Phi) is 10.5. The molecule has 32 heavy (non-hydrogen) atoms. The summed E-state index contributed by atoms with van der Waals surface area (Å²) in [5, 5.41) is 11.3. The van der Waals surface area contributed by atoms with Crippen LogP contribution in [0.2, 0.25) is 0 Å². The number of nitrogens with zero attached hydrogens (tertiary/aromatic N) is 3. The summed E-state index contributed by atoms with van der Waals surface area (Å²) in [6, 6.07) is 18.2. The van der Waals surface area contributed by atoms with Crippen molar-refractivity contribution in [2.45, 2.75) is 26.8 Å². The van der Waals surface area contributed by atoms with Crippen molar-refractivity contribution in [3.63, 3.8) is 0 Å².